The Morgan fingerprint density at radius 1 is 1.25 bits per heavy atom. The molecule has 28 heavy (non-hydrogen) atoms. The first-order chi connectivity index (χ1) is 13.4. The fraction of sp³-hybridized carbons (Fsp3) is 0.238. The van der Waals surface area contributed by atoms with Gasteiger partial charge in [0.25, 0.3) is 5.69 Å². The fourth-order valence-corrected chi connectivity index (χ4v) is 2.87. The minimum Gasteiger partial charge on any atom is -0.438 e. The van der Waals surface area contributed by atoms with Gasteiger partial charge in [-0.05, 0) is 36.1 Å². The molecule has 0 saturated heterocycles. The SMILES string of the molecule is CC(C)C[C@@H](NC(=O)/C=C/c1cccc([N+](=O)[O-])c1)c1nc2ccccc2o1. The lowest BCUT2D eigenvalue weighted by Gasteiger charge is -2.16. The molecule has 0 bridgehead atoms. The Kier molecular flexibility index (Phi) is 5.84. The van der Waals surface area contributed by atoms with Crippen LogP contribution in [0.3, 0.4) is 0 Å². The van der Waals surface area contributed by atoms with Gasteiger partial charge in [0.05, 0.1) is 4.92 Å². The summed E-state index contributed by atoms with van der Waals surface area (Å²) in [6.07, 6.45) is 3.57. The van der Waals surface area contributed by atoms with Crippen LogP contribution in [0.5, 0.6) is 0 Å². The molecule has 7 nitrogen and oxygen atoms in total. The quantitative estimate of drug-likeness (QED) is 0.366. The van der Waals surface area contributed by atoms with Gasteiger partial charge in [-0.3, -0.25) is 14.9 Å². The van der Waals surface area contributed by atoms with Crippen molar-refractivity contribution in [1.82, 2.24) is 10.3 Å². The smallest absolute Gasteiger partial charge is 0.270 e. The molecular formula is C21H21N3O4. The van der Waals surface area contributed by atoms with Crippen molar-refractivity contribution in [2.24, 2.45) is 5.92 Å². The van der Waals surface area contributed by atoms with E-state index in [-0.39, 0.29) is 17.6 Å². The van der Waals surface area contributed by atoms with Crippen molar-refractivity contribution in [1.29, 1.82) is 0 Å². The second-order valence-electron chi connectivity index (χ2n) is 6.90. The van der Waals surface area contributed by atoms with Crippen LogP contribution >= 0.6 is 0 Å². The third-order valence-corrected chi connectivity index (χ3v) is 4.14. The third-order valence-electron chi connectivity index (χ3n) is 4.14. The molecule has 0 fully saturated rings. The number of aromatic nitrogens is 1. The maximum atomic E-state index is 12.4. The number of carbonyl (C=O) groups is 1. The molecule has 144 valence electrons. The number of nitro groups is 1. The molecule has 7 heteroatoms. The van der Waals surface area contributed by atoms with Crippen LogP contribution in [0.2, 0.25) is 0 Å². The molecule has 1 amide bonds. The number of amides is 1. The van der Waals surface area contributed by atoms with Crippen LogP contribution < -0.4 is 5.32 Å². The van der Waals surface area contributed by atoms with Gasteiger partial charge in [0, 0.05) is 18.2 Å². The number of carbonyl (C=O) groups excluding carboxylic acids is 1. The summed E-state index contributed by atoms with van der Waals surface area (Å²) in [6, 6.07) is 13.2. The van der Waals surface area contributed by atoms with Gasteiger partial charge in [-0.25, -0.2) is 4.98 Å². The van der Waals surface area contributed by atoms with Crippen molar-refractivity contribution in [3.05, 3.63) is 76.2 Å². The number of nitrogens with one attached hydrogen (secondary N) is 1. The van der Waals surface area contributed by atoms with Crippen LogP contribution in [-0.2, 0) is 4.79 Å². The van der Waals surface area contributed by atoms with Gasteiger partial charge in [-0.15, -0.1) is 0 Å². The lowest BCUT2D eigenvalue weighted by molar-refractivity contribution is -0.384. The van der Waals surface area contributed by atoms with Gasteiger partial charge < -0.3 is 9.73 Å². The average molecular weight is 379 g/mol. The number of non-ortho nitro benzene ring substituents is 1. The molecule has 2 aromatic carbocycles. The van der Waals surface area contributed by atoms with Crippen LogP contribution in [0.1, 0.15) is 37.8 Å². The Balaban J connectivity index is 1.76. The normalized spacial score (nSPS) is 12.5. The molecule has 0 spiro atoms. The highest BCUT2D eigenvalue weighted by Crippen LogP contribution is 2.25. The van der Waals surface area contributed by atoms with E-state index in [1.54, 1.807) is 18.2 Å². The zero-order chi connectivity index (χ0) is 20.1. The number of hydrogen-bond acceptors (Lipinski definition) is 5. The van der Waals surface area contributed by atoms with Crippen molar-refractivity contribution < 1.29 is 14.1 Å². The van der Waals surface area contributed by atoms with Gasteiger partial charge in [0.15, 0.2) is 5.58 Å². The highest BCUT2D eigenvalue weighted by molar-refractivity contribution is 5.92. The predicted molar refractivity (Wildman–Crippen MR) is 106 cm³/mol. The molecular weight excluding hydrogens is 358 g/mol. The average Bonchev–Trinajstić information content (AvgIpc) is 3.10. The second-order valence-corrected chi connectivity index (χ2v) is 6.90. The second kappa shape index (κ2) is 8.47. The minimum atomic E-state index is -0.469. The molecule has 0 aliphatic carbocycles. The van der Waals surface area contributed by atoms with E-state index < -0.39 is 4.92 Å². The first-order valence-electron chi connectivity index (χ1n) is 9.01. The summed E-state index contributed by atoms with van der Waals surface area (Å²) in [5, 5.41) is 13.8. The van der Waals surface area contributed by atoms with Crippen molar-refractivity contribution >= 4 is 28.8 Å². The van der Waals surface area contributed by atoms with Crippen LogP contribution in [-0.4, -0.2) is 15.8 Å². The Morgan fingerprint density at radius 3 is 2.75 bits per heavy atom. The fourth-order valence-electron chi connectivity index (χ4n) is 2.87. The Morgan fingerprint density at radius 2 is 2.04 bits per heavy atom. The highest BCUT2D eigenvalue weighted by Gasteiger charge is 2.21. The summed E-state index contributed by atoms with van der Waals surface area (Å²) in [6.45, 7) is 4.11. The van der Waals surface area contributed by atoms with Crippen LogP contribution in [0.15, 0.2) is 59.0 Å². The van der Waals surface area contributed by atoms with Gasteiger partial charge in [0.1, 0.15) is 11.6 Å². The Hall–Kier alpha value is -3.48. The molecule has 1 N–H and O–H groups in total. The van der Waals surface area contributed by atoms with Gasteiger partial charge in [-0.1, -0.05) is 38.1 Å². The molecule has 1 atom stereocenters. The van der Waals surface area contributed by atoms with Crippen molar-refractivity contribution in [2.45, 2.75) is 26.3 Å². The summed E-state index contributed by atoms with van der Waals surface area (Å²) in [5.74, 6) is 0.465. The lowest BCUT2D eigenvalue weighted by Crippen LogP contribution is -2.28. The van der Waals surface area contributed by atoms with E-state index in [0.717, 1.165) is 5.52 Å². The first-order valence-corrected chi connectivity index (χ1v) is 9.01. The summed E-state index contributed by atoms with van der Waals surface area (Å²) < 4.78 is 5.81. The number of benzene rings is 2. The number of para-hydroxylation sites is 2. The maximum Gasteiger partial charge on any atom is 0.270 e. The van der Waals surface area contributed by atoms with Crippen LogP contribution in [0.4, 0.5) is 5.69 Å². The molecule has 0 radical (unpaired) electrons. The molecule has 3 rings (SSSR count). The van der Waals surface area contributed by atoms with E-state index in [1.807, 2.05) is 24.3 Å². The van der Waals surface area contributed by atoms with E-state index in [2.05, 4.69) is 24.1 Å². The van der Waals surface area contributed by atoms with E-state index in [4.69, 9.17) is 4.42 Å². The summed E-state index contributed by atoms with van der Waals surface area (Å²) >= 11 is 0. The van der Waals surface area contributed by atoms with Gasteiger partial charge >= 0.3 is 0 Å². The first kappa shape index (κ1) is 19.3. The predicted octanol–water partition coefficient (Wildman–Crippen LogP) is 4.65. The van der Waals surface area contributed by atoms with E-state index in [0.29, 0.717) is 29.4 Å². The Bertz CT molecular complexity index is 990. The molecule has 0 aliphatic heterocycles. The molecule has 0 unspecified atom stereocenters. The minimum absolute atomic E-state index is 0.0216. The van der Waals surface area contributed by atoms with Crippen molar-refractivity contribution in [2.75, 3.05) is 0 Å². The maximum absolute atomic E-state index is 12.4. The van der Waals surface area contributed by atoms with Crippen molar-refractivity contribution in [3.8, 4) is 0 Å². The molecule has 3 aromatic rings. The number of nitrogens with zero attached hydrogens (tertiary/aromatic N) is 2. The van der Waals surface area contributed by atoms with E-state index >= 15 is 0 Å². The number of nitro benzene ring substituents is 1. The van der Waals surface area contributed by atoms with Crippen LogP contribution in [0.25, 0.3) is 17.2 Å². The largest absolute Gasteiger partial charge is 0.438 e. The number of rotatable bonds is 7. The van der Waals surface area contributed by atoms with E-state index in [1.165, 1.54) is 18.2 Å². The summed E-state index contributed by atoms with van der Waals surface area (Å²) in [5.41, 5.74) is 1.97. The Labute approximate surface area is 162 Å². The molecule has 0 aliphatic rings. The van der Waals surface area contributed by atoms with Gasteiger partial charge in [-0.2, -0.15) is 0 Å². The monoisotopic (exact) mass is 379 g/mol. The van der Waals surface area contributed by atoms with Crippen LogP contribution in [0, 0.1) is 16.0 Å². The standard InChI is InChI=1S/C21H21N3O4/c1-14(2)12-18(21-23-17-8-3-4-9-19(17)28-21)22-20(25)11-10-15-6-5-7-16(13-15)24(26)27/h3-11,13-14,18H,12H2,1-2H3,(H,22,25)/b11-10+/t18-/m1/s1. The topological polar surface area (TPSA) is 98.3 Å². The third kappa shape index (κ3) is 4.82. The highest BCUT2D eigenvalue weighted by atomic mass is 16.6. The van der Waals surface area contributed by atoms with E-state index in [9.17, 15) is 14.9 Å². The molecule has 1 aromatic heterocycles. The molecule has 0 saturated carbocycles. The van der Waals surface area contributed by atoms with Gasteiger partial charge in [0.2, 0.25) is 11.8 Å². The number of oxazole rings is 1. The zero-order valence-corrected chi connectivity index (χ0v) is 15.7. The summed E-state index contributed by atoms with van der Waals surface area (Å²) in [4.78, 5) is 27.3. The zero-order valence-electron chi connectivity index (χ0n) is 15.7. The lowest BCUT2D eigenvalue weighted by atomic mass is 10.0. The van der Waals surface area contributed by atoms with Crippen molar-refractivity contribution in [3.63, 3.8) is 0 Å². The number of fused-ring (bicyclic) bond motifs is 1. The summed E-state index contributed by atoms with van der Waals surface area (Å²) in [7, 11) is 0. The molecule has 1 heterocycles. The number of hydrogen-bond donors (Lipinski definition) is 1.